The van der Waals surface area contributed by atoms with Gasteiger partial charge in [-0.05, 0) is 37.6 Å². The number of hydrogen-bond acceptors (Lipinski definition) is 3. The first-order valence-corrected chi connectivity index (χ1v) is 10.5. The van der Waals surface area contributed by atoms with Gasteiger partial charge in [0, 0.05) is 38.5 Å². The molecule has 1 heterocycles. The topological polar surface area (TPSA) is 66.6 Å². The van der Waals surface area contributed by atoms with Gasteiger partial charge in [-0.25, -0.2) is 0 Å². The van der Waals surface area contributed by atoms with E-state index in [1.165, 1.54) is 32.1 Å². The third kappa shape index (κ3) is 4.75. The molecule has 3 fully saturated rings. The number of rotatable bonds is 5. The third-order valence-corrected chi connectivity index (χ3v) is 6.71. The minimum atomic E-state index is 0.124. The second-order valence-electron chi connectivity index (χ2n) is 8.28. The maximum Gasteiger partial charge on any atom is 0.226 e. The van der Waals surface area contributed by atoms with E-state index in [9.17, 15) is 9.59 Å². The molecular formula is C20H35N3O2. The van der Waals surface area contributed by atoms with Crippen LogP contribution in [0.1, 0.15) is 64.2 Å². The predicted octanol–water partition coefficient (Wildman–Crippen LogP) is 2.39. The minimum Gasteiger partial charge on any atom is -0.339 e. The van der Waals surface area contributed by atoms with Crippen molar-refractivity contribution in [2.75, 3.05) is 32.7 Å². The normalized spacial score (nSPS) is 28.4. The fourth-order valence-corrected chi connectivity index (χ4v) is 5.02. The van der Waals surface area contributed by atoms with Gasteiger partial charge in [0.05, 0.1) is 0 Å². The number of carbonyl (C=O) groups is 2. The summed E-state index contributed by atoms with van der Waals surface area (Å²) < 4.78 is 0. The van der Waals surface area contributed by atoms with Crippen molar-refractivity contribution in [2.45, 2.75) is 64.2 Å². The average Bonchev–Trinajstić information content (AvgIpc) is 3.15. The number of carbonyl (C=O) groups excluding carboxylic acids is 2. The number of hydrogen-bond donors (Lipinski definition) is 1. The first-order chi connectivity index (χ1) is 12.2. The average molecular weight is 350 g/mol. The van der Waals surface area contributed by atoms with Gasteiger partial charge in [0.15, 0.2) is 0 Å². The summed E-state index contributed by atoms with van der Waals surface area (Å²) in [7, 11) is 0. The molecule has 1 aliphatic heterocycles. The summed E-state index contributed by atoms with van der Waals surface area (Å²) in [4.78, 5) is 29.2. The lowest BCUT2D eigenvalue weighted by Crippen LogP contribution is -2.52. The molecule has 1 saturated heterocycles. The SMILES string of the molecule is NC[C@H]1CCC[C@H]1C(=O)N1CCN(C(=O)CCC2CCCCC2)CC1. The van der Waals surface area contributed by atoms with E-state index in [0.717, 1.165) is 31.6 Å². The number of amides is 2. The fourth-order valence-electron chi connectivity index (χ4n) is 5.02. The zero-order valence-electron chi connectivity index (χ0n) is 15.6. The van der Waals surface area contributed by atoms with Crippen molar-refractivity contribution in [3.8, 4) is 0 Å². The Bertz CT molecular complexity index is 454. The standard InChI is InChI=1S/C20H35N3O2/c21-15-17-7-4-8-18(17)20(25)23-13-11-22(12-14-23)19(24)10-9-16-5-2-1-3-6-16/h16-18H,1-15,21H2/t17-,18-/m1/s1. The Morgan fingerprint density at radius 2 is 1.52 bits per heavy atom. The van der Waals surface area contributed by atoms with E-state index in [1.54, 1.807) is 0 Å². The molecule has 0 bridgehead atoms. The Labute approximate surface area is 152 Å². The van der Waals surface area contributed by atoms with Gasteiger partial charge in [0.2, 0.25) is 11.8 Å². The van der Waals surface area contributed by atoms with Crippen LogP contribution in [0.25, 0.3) is 0 Å². The molecule has 2 amide bonds. The van der Waals surface area contributed by atoms with Crippen LogP contribution < -0.4 is 5.73 Å². The van der Waals surface area contributed by atoms with Crippen LogP contribution in [0.5, 0.6) is 0 Å². The Morgan fingerprint density at radius 1 is 0.840 bits per heavy atom. The van der Waals surface area contributed by atoms with Crippen LogP contribution in [-0.4, -0.2) is 54.3 Å². The van der Waals surface area contributed by atoms with Crippen molar-refractivity contribution in [3.05, 3.63) is 0 Å². The molecule has 0 aromatic heterocycles. The Hall–Kier alpha value is -1.10. The van der Waals surface area contributed by atoms with Gasteiger partial charge in [0.1, 0.15) is 0 Å². The first-order valence-electron chi connectivity index (χ1n) is 10.5. The number of piperazine rings is 1. The van der Waals surface area contributed by atoms with Crippen molar-refractivity contribution in [2.24, 2.45) is 23.5 Å². The predicted molar refractivity (Wildman–Crippen MR) is 98.9 cm³/mol. The van der Waals surface area contributed by atoms with E-state index in [2.05, 4.69) is 0 Å². The van der Waals surface area contributed by atoms with Gasteiger partial charge in [-0.1, -0.05) is 38.5 Å². The highest BCUT2D eigenvalue weighted by Crippen LogP contribution is 2.32. The van der Waals surface area contributed by atoms with Gasteiger partial charge in [0.25, 0.3) is 0 Å². The highest BCUT2D eigenvalue weighted by molar-refractivity contribution is 5.80. The van der Waals surface area contributed by atoms with Gasteiger partial charge >= 0.3 is 0 Å². The first kappa shape index (κ1) is 18.7. The molecule has 0 aromatic rings. The largest absolute Gasteiger partial charge is 0.339 e. The summed E-state index contributed by atoms with van der Waals surface area (Å²) in [6, 6.07) is 0. The second kappa shape index (κ2) is 9.02. The zero-order chi connectivity index (χ0) is 17.6. The molecule has 5 nitrogen and oxygen atoms in total. The van der Waals surface area contributed by atoms with Gasteiger partial charge in [-0.15, -0.1) is 0 Å². The lowest BCUT2D eigenvalue weighted by molar-refractivity contribution is -0.143. The van der Waals surface area contributed by atoms with Crippen LogP contribution in [0, 0.1) is 17.8 Å². The van der Waals surface area contributed by atoms with Crippen LogP contribution in [0.15, 0.2) is 0 Å². The molecule has 0 aromatic carbocycles. The van der Waals surface area contributed by atoms with Crippen LogP contribution in [0.4, 0.5) is 0 Å². The molecule has 2 aliphatic carbocycles. The summed E-state index contributed by atoms with van der Waals surface area (Å²) >= 11 is 0. The molecule has 0 spiro atoms. The molecule has 0 radical (unpaired) electrons. The minimum absolute atomic E-state index is 0.124. The summed E-state index contributed by atoms with van der Waals surface area (Å²) in [5, 5.41) is 0. The van der Waals surface area contributed by atoms with Crippen LogP contribution in [-0.2, 0) is 9.59 Å². The molecule has 2 N–H and O–H groups in total. The Morgan fingerprint density at radius 3 is 2.20 bits per heavy atom. The van der Waals surface area contributed by atoms with E-state index in [-0.39, 0.29) is 11.8 Å². The molecular weight excluding hydrogens is 314 g/mol. The molecule has 25 heavy (non-hydrogen) atoms. The van der Waals surface area contributed by atoms with E-state index in [1.807, 2.05) is 9.80 Å². The summed E-state index contributed by atoms with van der Waals surface area (Å²) in [5.41, 5.74) is 5.82. The number of nitrogens with zero attached hydrogens (tertiary/aromatic N) is 2. The fraction of sp³-hybridized carbons (Fsp3) is 0.900. The summed E-state index contributed by atoms with van der Waals surface area (Å²) in [5.74, 6) is 1.82. The lowest BCUT2D eigenvalue weighted by atomic mass is 9.86. The zero-order valence-corrected chi connectivity index (χ0v) is 15.6. The molecule has 2 atom stereocenters. The molecule has 0 unspecified atom stereocenters. The quantitative estimate of drug-likeness (QED) is 0.829. The van der Waals surface area contributed by atoms with Gasteiger partial charge in [-0.3, -0.25) is 9.59 Å². The van der Waals surface area contributed by atoms with Crippen molar-refractivity contribution in [1.29, 1.82) is 0 Å². The number of nitrogens with two attached hydrogens (primary N) is 1. The monoisotopic (exact) mass is 349 g/mol. The van der Waals surface area contributed by atoms with Crippen molar-refractivity contribution >= 4 is 11.8 Å². The Balaban J connectivity index is 1.40. The van der Waals surface area contributed by atoms with Gasteiger partial charge in [-0.2, -0.15) is 0 Å². The smallest absolute Gasteiger partial charge is 0.226 e. The summed E-state index contributed by atoms with van der Waals surface area (Å²) in [6.07, 6.45) is 11.6. The van der Waals surface area contributed by atoms with Crippen molar-refractivity contribution in [1.82, 2.24) is 9.80 Å². The highest BCUT2D eigenvalue weighted by atomic mass is 16.2. The molecule has 5 heteroatoms. The van der Waals surface area contributed by atoms with E-state index in [0.29, 0.717) is 51.0 Å². The van der Waals surface area contributed by atoms with E-state index in [4.69, 9.17) is 5.73 Å². The van der Waals surface area contributed by atoms with Gasteiger partial charge < -0.3 is 15.5 Å². The maximum atomic E-state index is 12.7. The van der Waals surface area contributed by atoms with Crippen molar-refractivity contribution < 1.29 is 9.59 Å². The van der Waals surface area contributed by atoms with Crippen LogP contribution in [0.2, 0.25) is 0 Å². The molecule has 3 rings (SSSR count). The van der Waals surface area contributed by atoms with E-state index < -0.39 is 0 Å². The van der Waals surface area contributed by atoms with Crippen LogP contribution >= 0.6 is 0 Å². The van der Waals surface area contributed by atoms with Crippen molar-refractivity contribution in [3.63, 3.8) is 0 Å². The molecule has 142 valence electrons. The lowest BCUT2D eigenvalue weighted by Gasteiger charge is -2.37. The molecule has 3 aliphatic rings. The van der Waals surface area contributed by atoms with Crippen LogP contribution in [0.3, 0.4) is 0 Å². The summed E-state index contributed by atoms with van der Waals surface area (Å²) in [6.45, 7) is 3.42. The Kier molecular flexibility index (Phi) is 6.74. The third-order valence-electron chi connectivity index (χ3n) is 6.71. The highest BCUT2D eigenvalue weighted by Gasteiger charge is 2.36. The molecule has 2 saturated carbocycles. The second-order valence-corrected chi connectivity index (χ2v) is 8.28. The van der Waals surface area contributed by atoms with E-state index >= 15 is 0 Å². The maximum absolute atomic E-state index is 12.7.